The van der Waals surface area contributed by atoms with Crippen LogP contribution in [0.4, 0.5) is 19.1 Å². The standard InChI is InChI=1S/C22H27F3N6O5S2/c1-12(38-37-4)35-14-8-16(36-15(14)10-32)31-9-13(6-5-7-26-20(34)22(23,24)25)17-18(31)28-21(29-19(17)33)27-11-30(2)3/h9,11-12,14-16,32H,7-8,10H2,1-4H3,(H,26,34)(H,28,29,33)/t12-,14-,15-,16-/m1/s1. The molecule has 1 aliphatic rings. The topological polar surface area (TPSA) is 134 Å². The second-order valence-corrected chi connectivity index (χ2v) is 11.0. The van der Waals surface area contributed by atoms with Crippen LogP contribution in [0.2, 0.25) is 0 Å². The second-order valence-electron chi connectivity index (χ2n) is 8.28. The van der Waals surface area contributed by atoms with E-state index >= 15 is 0 Å². The molecule has 1 fully saturated rings. The third-order valence-corrected chi connectivity index (χ3v) is 7.13. The third kappa shape index (κ3) is 7.44. The van der Waals surface area contributed by atoms with Gasteiger partial charge in [0.15, 0.2) is 5.65 Å². The number of H-pyrrole nitrogens is 1. The molecular formula is C22H27F3N6O5S2. The van der Waals surface area contributed by atoms with Gasteiger partial charge in [0.1, 0.15) is 17.8 Å². The van der Waals surface area contributed by atoms with Crippen LogP contribution in [-0.4, -0.2) is 94.1 Å². The van der Waals surface area contributed by atoms with Crippen molar-refractivity contribution in [3.05, 3.63) is 22.1 Å². The first-order chi connectivity index (χ1) is 17.9. The quantitative estimate of drug-likeness (QED) is 0.135. The smallest absolute Gasteiger partial charge is 0.394 e. The van der Waals surface area contributed by atoms with Gasteiger partial charge in [-0.3, -0.25) is 14.6 Å². The lowest BCUT2D eigenvalue weighted by molar-refractivity contribution is -0.173. The molecule has 2 aromatic rings. The number of alkyl halides is 3. The van der Waals surface area contributed by atoms with Gasteiger partial charge in [-0.1, -0.05) is 33.4 Å². The van der Waals surface area contributed by atoms with E-state index in [2.05, 4.69) is 26.8 Å². The highest BCUT2D eigenvalue weighted by molar-refractivity contribution is 8.76. The fourth-order valence-electron chi connectivity index (χ4n) is 3.64. The highest BCUT2D eigenvalue weighted by atomic mass is 33.1. The zero-order chi connectivity index (χ0) is 28.0. The number of ether oxygens (including phenoxy) is 2. The molecule has 38 heavy (non-hydrogen) atoms. The predicted octanol–water partition coefficient (Wildman–Crippen LogP) is 2.00. The summed E-state index contributed by atoms with van der Waals surface area (Å²) in [7, 11) is 6.54. The Balaban J connectivity index is 1.99. The van der Waals surface area contributed by atoms with Crippen molar-refractivity contribution < 1.29 is 32.5 Å². The average molecular weight is 577 g/mol. The molecule has 0 saturated carbocycles. The SMILES string of the molecule is CSS[C@H](C)O[C@@H]1C[C@H](n2cc(C#CCNC(=O)C(F)(F)F)c3c(=O)[nH]c(N=CN(C)C)nc32)O[C@@H]1CO. The molecule has 0 aromatic carbocycles. The Kier molecular flexibility index (Phi) is 10.1. The zero-order valence-corrected chi connectivity index (χ0v) is 22.5. The molecule has 2 aromatic heterocycles. The van der Waals surface area contributed by atoms with E-state index in [-0.39, 0.29) is 34.6 Å². The molecule has 0 bridgehead atoms. The maximum absolute atomic E-state index is 13.0. The molecule has 11 nitrogen and oxygen atoms in total. The van der Waals surface area contributed by atoms with Crippen LogP contribution in [0, 0.1) is 11.8 Å². The van der Waals surface area contributed by atoms with Crippen LogP contribution in [0.5, 0.6) is 0 Å². The lowest BCUT2D eigenvalue weighted by Gasteiger charge is -2.20. The van der Waals surface area contributed by atoms with E-state index in [9.17, 15) is 27.9 Å². The van der Waals surface area contributed by atoms with Gasteiger partial charge in [-0.05, 0) is 13.2 Å². The van der Waals surface area contributed by atoms with Crippen LogP contribution in [0.1, 0.15) is 25.1 Å². The summed E-state index contributed by atoms with van der Waals surface area (Å²) in [4.78, 5) is 36.8. The number of aromatic amines is 1. The number of halogens is 3. The molecular weight excluding hydrogens is 549 g/mol. The van der Waals surface area contributed by atoms with E-state index in [0.29, 0.717) is 6.42 Å². The van der Waals surface area contributed by atoms with E-state index in [4.69, 9.17) is 9.47 Å². The number of carbonyl (C=O) groups excluding carboxylic acids is 1. The Morgan fingerprint density at radius 1 is 1.53 bits per heavy atom. The Morgan fingerprint density at radius 2 is 2.26 bits per heavy atom. The summed E-state index contributed by atoms with van der Waals surface area (Å²) in [5.74, 6) is 2.96. The fourth-order valence-corrected chi connectivity index (χ4v) is 5.04. The Labute approximate surface area is 223 Å². The van der Waals surface area contributed by atoms with Crippen molar-refractivity contribution in [2.75, 3.05) is 33.5 Å². The summed E-state index contributed by atoms with van der Waals surface area (Å²) in [5.41, 5.74) is -0.401. The highest BCUT2D eigenvalue weighted by Gasteiger charge is 2.39. The number of aliphatic hydroxyl groups excluding tert-OH is 1. The van der Waals surface area contributed by atoms with Crippen molar-refractivity contribution in [2.45, 2.75) is 43.4 Å². The number of fused-ring (bicyclic) bond motifs is 1. The van der Waals surface area contributed by atoms with Gasteiger partial charge in [0.05, 0.1) is 36.5 Å². The summed E-state index contributed by atoms with van der Waals surface area (Å²) in [5, 5.41) is 11.6. The van der Waals surface area contributed by atoms with E-state index in [1.165, 1.54) is 23.3 Å². The van der Waals surface area contributed by atoms with Crippen LogP contribution in [0.25, 0.3) is 11.0 Å². The number of aromatic nitrogens is 3. The van der Waals surface area contributed by atoms with Gasteiger partial charge in [0, 0.05) is 26.7 Å². The van der Waals surface area contributed by atoms with Crippen molar-refractivity contribution in [1.29, 1.82) is 0 Å². The van der Waals surface area contributed by atoms with Gasteiger partial charge in [0.2, 0.25) is 5.95 Å². The third-order valence-electron chi connectivity index (χ3n) is 5.17. The van der Waals surface area contributed by atoms with Crippen LogP contribution < -0.4 is 10.9 Å². The molecule has 1 aliphatic heterocycles. The summed E-state index contributed by atoms with van der Waals surface area (Å²) in [6, 6.07) is 0. The highest BCUT2D eigenvalue weighted by Crippen LogP contribution is 2.36. The van der Waals surface area contributed by atoms with E-state index in [1.807, 2.05) is 13.2 Å². The number of amides is 1. The van der Waals surface area contributed by atoms with E-state index in [1.54, 1.807) is 39.7 Å². The molecule has 3 rings (SSSR count). The number of nitrogens with zero attached hydrogens (tertiary/aromatic N) is 4. The molecule has 3 N–H and O–H groups in total. The number of hydrogen-bond donors (Lipinski definition) is 3. The monoisotopic (exact) mass is 576 g/mol. The van der Waals surface area contributed by atoms with Crippen LogP contribution >= 0.6 is 21.6 Å². The normalized spacial score (nSPS) is 20.5. The van der Waals surface area contributed by atoms with Crippen molar-refractivity contribution >= 4 is 50.8 Å². The minimum Gasteiger partial charge on any atom is -0.394 e. The molecule has 1 saturated heterocycles. The van der Waals surface area contributed by atoms with Crippen LogP contribution in [0.15, 0.2) is 16.0 Å². The number of carbonyl (C=O) groups is 1. The summed E-state index contributed by atoms with van der Waals surface area (Å²) >= 11 is 0. The maximum atomic E-state index is 13.0. The van der Waals surface area contributed by atoms with Crippen molar-refractivity contribution in [3.63, 3.8) is 0 Å². The van der Waals surface area contributed by atoms with Crippen molar-refractivity contribution in [1.82, 2.24) is 24.8 Å². The van der Waals surface area contributed by atoms with Crippen molar-refractivity contribution in [3.8, 4) is 11.8 Å². The molecule has 0 spiro atoms. The van der Waals surface area contributed by atoms with E-state index < -0.39 is 42.6 Å². The van der Waals surface area contributed by atoms with Gasteiger partial charge in [-0.15, -0.1) is 0 Å². The summed E-state index contributed by atoms with van der Waals surface area (Å²) < 4.78 is 50.9. The number of hydrogen-bond acceptors (Lipinski definition) is 9. The van der Waals surface area contributed by atoms with Crippen molar-refractivity contribution in [2.24, 2.45) is 4.99 Å². The average Bonchev–Trinajstić information content (AvgIpc) is 3.41. The van der Waals surface area contributed by atoms with Gasteiger partial charge in [-0.2, -0.15) is 18.2 Å². The maximum Gasteiger partial charge on any atom is 0.471 e. The van der Waals surface area contributed by atoms with Gasteiger partial charge < -0.3 is 29.4 Å². The second kappa shape index (κ2) is 12.9. The lowest BCUT2D eigenvalue weighted by atomic mass is 10.2. The van der Waals surface area contributed by atoms with Gasteiger partial charge >= 0.3 is 12.1 Å². The fraction of sp³-hybridized carbons (Fsp3) is 0.545. The van der Waals surface area contributed by atoms with Crippen LogP contribution in [-0.2, 0) is 14.3 Å². The summed E-state index contributed by atoms with van der Waals surface area (Å²) in [6.07, 6.45) is -1.61. The summed E-state index contributed by atoms with van der Waals surface area (Å²) in [6.45, 7) is 0.999. The molecule has 0 aliphatic carbocycles. The Hall–Kier alpha value is -2.71. The molecule has 1 amide bonds. The lowest BCUT2D eigenvalue weighted by Crippen LogP contribution is -2.36. The molecule has 16 heteroatoms. The first-order valence-corrected chi connectivity index (χ1v) is 13.9. The number of aliphatic hydroxyl groups is 1. The molecule has 0 radical (unpaired) electrons. The minimum atomic E-state index is -5.03. The molecule has 208 valence electrons. The van der Waals surface area contributed by atoms with Crippen LogP contribution in [0.3, 0.4) is 0 Å². The largest absolute Gasteiger partial charge is 0.471 e. The number of rotatable bonds is 9. The van der Waals surface area contributed by atoms with E-state index in [0.717, 1.165) is 0 Å². The number of aliphatic imine (C=N–C) groups is 1. The first-order valence-electron chi connectivity index (χ1n) is 11.2. The predicted molar refractivity (Wildman–Crippen MR) is 139 cm³/mol. The number of nitrogens with one attached hydrogen (secondary N) is 2. The Morgan fingerprint density at radius 3 is 2.89 bits per heavy atom. The zero-order valence-electron chi connectivity index (χ0n) is 20.9. The minimum absolute atomic E-state index is 0.0157. The van der Waals surface area contributed by atoms with Gasteiger partial charge in [0.25, 0.3) is 5.56 Å². The van der Waals surface area contributed by atoms with Gasteiger partial charge in [-0.25, -0.2) is 4.99 Å². The molecule has 3 heterocycles. The molecule has 4 atom stereocenters. The first kappa shape index (κ1) is 29.8. The Bertz CT molecular complexity index is 1290. The molecule has 0 unspecified atom stereocenters.